The molecule has 21 heavy (non-hydrogen) atoms. The van der Waals surface area contributed by atoms with Gasteiger partial charge in [-0.1, -0.05) is 0 Å². The van der Waals surface area contributed by atoms with E-state index in [1.165, 1.54) is 18.5 Å². The minimum atomic E-state index is -0.129. The van der Waals surface area contributed by atoms with Crippen LogP contribution in [0, 0.1) is 0 Å². The molecule has 0 radical (unpaired) electrons. The van der Waals surface area contributed by atoms with Gasteiger partial charge in [0.15, 0.2) is 0 Å². The number of phenols is 3. The molecule has 1 aliphatic heterocycles. The SMILES string of the molecule is Oc1cc2c(c3c(O)c4cnccc4c(O)c13)=NCCN=2. The zero-order valence-corrected chi connectivity index (χ0v) is 10.9. The highest BCUT2D eigenvalue weighted by atomic mass is 16.3. The van der Waals surface area contributed by atoms with Crippen LogP contribution in [0.1, 0.15) is 0 Å². The molecule has 1 aromatic heterocycles. The average Bonchev–Trinajstić information content (AvgIpc) is 2.51. The predicted molar refractivity (Wildman–Crippen MR) is 76.3 cm³/mol. The van der Waals surface area contributed by atoms with Crippen LogP contribution in [-0.4, -0.2) is 33.4 Å². The van der Waals surface area contributed by atoms with Gasteiger partial charge in [0.1, 0.15) is 17.2 Å². The number of rotatable bonds is 0. The lowest BCUT2D eigenvalue weighted by atomic mass is 10.00. The van der Waals surface area contributed by atoms with Crippen LogP contribution in [0.25, 0.3) is 21.5 Å². The van der Waals surface area contributed by atoms with Crippen LogP contribution in [0.4, 0.5) is 0 Å². The van der Waals surface area contributed by atoms with E-state index in [-0.39, 0.29) is 22.6 Å². The highest BCUT2D eigenvalue weighted by Crippen LogP contribution is 2.42. The Balaban J connectivity index is 2.42. The molecule has 0 spiro atoms. The second-order valence-corrected chi connectivity index (χ2v) is 4.90. The summed E-state index contributed by atoms with van der Waals surface area (Å²) >= 11 is 0. The molecule has 3 N–H and O–H groups in total. The number of aromatic hydroxyl groups is 3. The summed E-state index contributed by atoms with van der Waals surface area (Å²) in [6.07, 6.45) is 2.99. The Morgan fingerprint density at radius 1 is 0.905 bits per heavy atom. The lowest BCUT2D eigenvalue weighted by Crippen LogP contribution is -2.30. The topological polar surface area (TPSA) is 98.3 Å². The van der Waals surface area contributed by atoms with Gasteiger partial charge in [-0.05, 0) is 6.07 Å². The van der Waals surface area contributed by atoms with Gasteiger partial charge in [0, 0.05) is 29.2 Å². The number of hydrogen-bond donors (Lipinski definition) is 3. The summed E-state index contributed by atoms with van der Waals surface area (Å²) in [6.45, 7) is 1.05. The third-order valence-electron chi connectivity index (χ3n) is 3.72. The summed E-state index contributed by atoms with van der Waals surface area (Å²) in [5.41, 5.74) is 0. The van der Waals surface area contributed by atoms with Crippen LogP contribution >= 0.6 is 0 Å². The molecule has 3 aromatic rings. The van der Waals surface area contributed by atoms with Gasteiger partial charge in [-0.3, -0.25) is 15.0 Å². The predicted octanol–water partition coefficient (Wildman–Crippen LogP) is 0.758. The second-order valence-electron chi connectivity index (χ2n) is 4.90. The fraction of sp³-hybridized carbons (Fsp3) is 0.133. The van der Waals surface area contributed by atoms with Crippen LogP contribution in [0.3, 0.4) is 0 Å². The van der Waals surface area contributed by atoms with Crippen molar-refractivity contribution >= 4 is 21.5 Å². The van der Waals surface area contributed by atoms with Gasteiger partial charge in [0.2, 0.25) is 0 Å². The van der Waals surface area contributed by atoms with Crippen LogP contribution in [0.2, 0.25) is 0 Å². The minimum Gasteiger partial charge on any atom is -0.507 e. The van der Waals surface area contributed by atoms with Crippen molar-refractivity contribution < 1.29 is 15.3 Å². The van der Waals surface area contributed by atoms with Gasteiger partial charge >= 0.3 is 0 Å². The Labute approximate surface area is 118 Å². The van der Waals surface area contributed by atoms with E-state index in [0.717, 1.165) is 0 Å². The molecule has 6 nitrogen and oxygen atoms in total. The van der Waals surface area contributed by atoms with Crippen molar-refractivity contribution in [2.24, 2.45) is 9.98 Å². The Hall–Kier alpha value is -2.89. The normalized spacial score (nSPS) is 13.7. The summed E-state index contributed by atoms with van der Waals surface area (Å²) in [4.78, 5) is 12.6. The quantitative estimate of drug-likeness (QED) is 0.418. The van der Waals surface area contributed by atoms with E-state index in [4.69, 9.17) is 0 Å². The summed E-state index contributed by atoms with van der Waals surface area (Å²) < 4.78 is 0. The number of aromatic nitrogens is 1. The molecule has 0 atom stereocenters. The average molecular weight is 281 g/mol. The summed E-state index contributed by atoms with van der Waals surface area (Å²) in [6, 6.07) is 3.05. The first-order valence-corrected chi connectivity index (χ1v) is 6.50. The van der Waals surface area contributed by atoms with Gasteiger partial charge in [-0.15, -0.1) is 0 Å². The molecule has 2 aromatic carbocycles. The monoisotopic (exact) mass is 281 g/mol. The molecule has 0 fully saturated rings. The van der Waals surface area contributed by atoms with Gasteiger partial charge in [0.25, 0.3) is 0 Å². The van der Waals surface area contributed by atoms with Crippen molar-refractivity contribution in [3.05, 3.63) is 35.2 Å². The van der Waals surface area contributed by atoms with Crippen molar-refractivity contribution in [1.82, 2.24) is 4.98 Å². The van der Waals surface area contributed by atoms with Gasteiger partial charge in [0.05, 0.1) is 34.6 Å². The van der Waals surface area contributed by atoms with E-state index in [2.05, 4.69) is 15.0 Å². The van der Waals surface area contributed by atoms with Gasteiger partial charge in [-0.2, -0.15) is 0 Å². The first-order valence-electron chi connectivity index (χ1n) is 6.50. The third kappa shape index (κ3) is 1.50. The Kier molecular flexibility index (Phi) is 2.29. The van der Waals surface area contributed by atoms with Crippen LogP contribution in [-0.2, 0) is 0 Å². The molecule has 0 saturated carbocycles. The fourth-order valence-corrected chi connectivity index (χ4v) is 2.79. The van der Waals surface area contributed by atoms with Crippen molar-refractivity contribution in [2.45, 2.75) is 0 Å². The molecule has 0 amide bonds. The Morgan fingerprint density at radius 3 is 2.52 bits per heavy atom. The number of phenolic OH excluding ortho intramolecular Hbond substituents is 3. The largest absolute Gasteiger partial charge is 0.507 e. The number of fused-ring (bicyclic) bond motifs is 4. The standard InChI is InChI=1S/C15H11N3O3/c19-10-5-9-13(18-4-3-17-9)12-11(10)14(20)7-1-2-16-6-8(7)15(12)21/h1-2,5-6,19-21H,3-4H2. The number of benzene rings is 2. The van der Waals surface area contributed by atoms with Crippen molar-refractivity contribution in [2.75, 3.05) is 13.1 Å². The zero-order valence-electron chi connectivity index (χ0n) is 10.9. The first-order chi connectivity index (χ1) is 10.2. The lowest BCUT2D eigenvalue weighted by Gasteiger charge is -2.12. The maximum atomic E-state index is 10.6. The molecule has 0 bridgehead atoms. The maximum Gasteiger partial charge on any atom is 0.135 e. The highest BCUT2D eigenvalue weighted by molar-refractivity contribution is 6.12. The molecule has 0 saturated heterocycles. The summed E-state index contributed by atoms with van der Waals surface area (Å²) in [5.74, 6) is -0.281. The molecule has 6 heteroatoms. The number of nitrogens with zero attached hydrogens (tertiary/aromatic N) is 3. The lowest BCUT2D eigenvalue weighted by molar-refractivity contribution is 0.462. The molecule has 0 aliphatic carbocycles. The van der Waals surface area contributed by atoms with E-state index in [1.807, 2.05) is 0 Å². The van der Waals surface area contributed by atoms with E-state index in [0.29, 0.717) is 40.0 Å². The van der Waals surface area contributed by atoms with Crippen molar-refractivity contribution in [1.29, 1.82) is 0 Å². The molecule has 104 valence electrons. The van der Waals surface area contributed by atoms with Crippen molar-refractivity contribution in [3.8, 4) is 17.2 Å². The maximum absolute atomic E-state index is 10.6. The van der Waals surface area contributed by atoms with E-state index in [9.17, 15) is 15.3 Å². The van der Waals surface area contributed by atoms with E-state index >= 15 is 0 Å². The van der Waals surface area contributed by atoms with Crippen LogP contribution in [0.5, 0.6) is 17.2 Å². The summed E-state index contributed by atoms with van der Waals surface area (Å²) in [7, 11) is 0. The number of hydrogen-bond acceptors (Lipinski definition) is 6. The van der Waals surface area contributed by atoms with E-state index in [1.54, 1.807) is 6.07 Å². The smallest absolute Gasteiger partial charge is 0.135 e. The zero-order chi connectivity index (χ0) is 14.6. The van der Waals surface area contributed by atoms with Crippen LogP contribution in [0.15, 0.2) is 34.5 Å². The fourth-order valence-electron chi connectivity index (χ4n) is 2.79. The van der Waals surface area contributed by atoms with Gasteiger partial charge in [-0.25, -0.2) is 0 Å². The molecule has 0 unspecified atom stereocenters. The molecule has 1 aliphatic rings. The molecule has 4 rings (SSSR count). The van der Waals surface area contributed by atoms with Crippen molar-refractivity contribution in [3.63, 3.8) is 0 Å². The Bertz CT molecular complexity index is 1030. The van der Waals surface area contributed by atoms with Gasteiger partial charge < -0.3 is 15.3 Å². The first kappa shape index (κ1) is 11.9. The van der Waals surface area contributed by atoms with E-state index < -0.39 is 0 Å². The summed E-state index contributed by atoms with van der Waals surface area (Å²) in [5, 5.41) is 33.6. The molecular formula is C15H11N3O3. The second kappa shape index (κ2) is 4.05. The minimum absolute atomic E-state index is 0.0566. The molecule has 2 heterocycles. The highest BCUT2D eigenvalue weighted by Gasteiger charge is 2.19. The van der Waals surface area contributed by atoms with Crippen LogP contribution < -0.4 is 10.7 Å². The Morgan fingerprint density at radius 2 is 1.67 bits per heavy atom. The third-order valence-corrected chi connectivity index (χ3v) is 3.72. The molecular weight excluding hydrogens is 270 g/mol. The number of pyridine rings is 1.